The smallest absolute Gasteiger partial charge is 0.216 e. The van der Waals surface area contributed by atoms with Gasteiger partial charge >= 0.3 is 0 Å². The van der Waals surface area contributed by atoms with Crippen LogP contribution in [-0.4, -0.2) is 0 Å². The second kappa shape index (κ2) is 9.81. The first-order valence-electron chi connectivity index (χ1n) is 13.8. The quantitative estimate of drug-likeness (QED) is 0.217. The second-order valence-electron chi connectivity index (χ2n) is 11.9. The average molecular weight is 522 g/mol. The van der Waals surface area contributed by atoms with Crippen molar-refractivity contribution in [1.29, 1.82) is 5.26 Å². The van der Waals surface area contributed by atoms with Crippen LogP contribution in [0.15, 0.2) is 102 Å². The highest BCUT2D eigenvalue weighted by Gasteiger charge is 2.23. The van der Waals surface area contributed by atoms with Crippen molar-refractivity contribution < 1.29 is 8.98 Å². The molecule has 0 spiro atoms. The molecule has 3 nitrogen and oxygen atoms in total. The fourth-order valence-corrected chi connectivity index (χ4v) is 5.77. The van der Waals surface area contributed by atoms with Crippen molar-refractivity contribution in [2.24, 2.45) is 12.5 Å². The zero-order valence-corrected chi connectivity index (χ0v) is 23.7. The molecule has 2 aromatic heterocycles. The molecule has 4 aromatic carbocycles. The Balaban J connectivity index is 1.54. The summed E-state index contributed by atoms with van der Waals surface area (Å²) in [5.74, 6) is 0. The third kappa shape index (κ3) is 4.56. The molecule has 0 radical (unpaired) electrons. The van der Waals surface area contributed by atoms with E-state index in [1.807, 2.05) is 18.2 Å². The Hall–Kier alpha value is -4.68. The Kier molecular flexibility index (Phi) is 6.28. The monoisotopic (exact) mass is 521 g/mol. The summed E-state index contributed by atoms with van der Waals surface area (Å²) in [6.45, 7) is 8.87. The molecule has 2 heterocycles. The van der Waals surface area contributed by atoms with E-state index in [4.69, 9.17) is 4.42 Å². The van der Waals surface area contributed by atoms with E-state index in [-0.39, 0.29) is 5.41 Å². The molecule has 0 aliphatic rings. The van der Waals surface area contributed by atoms with E-state index in [0.29, 0.717) is 5.56 Å². The predicted molar refractivity (Wildman–Crippen MR) is 164 cm³/mol. The van der Waals surface area contributed by atoms with Crippen LogP contribution >= 0.6 is 0 Å². The molecule has 0 N–H and O–H groups in total. The van der Waals surface area contributed by atoms with Crippen LogP contribution in [0.1, 0.15) is 37.5 Å². The first kappa shape index (κ1) is 25.6. The maximum Gasteiger partial charge on any atom is 0.216 e. The van der Waals surface area contributed by atoms with Crippen LogP contribution in [-0.2, 0) is 13.5 Å². The Morgan fingerprint density at radius 2 is 1.38 bits per heavy atom. The first-order chi connectivity index (χ1) is 19.2. The van der Waals surface area contributed by atoms with Gasteiger partial charge in [-0.25, -0.2) is 4.57 Å². The third-order valence-electron chi connectivity index (χ3n) is 7.61. The van der Waals surface area contributed by atoms with Crippen LogP contribution in [0.3, 0.4) is 0 Å². The van der Waals surface area contributed by atoms with Crippen molar-refractivity contribution in [1.82, 2.24) is 0 Å². The van der Waals surface area contributed by atoms with E-state index >= 15 is 0 Å². The molecule has 0 saturated carbocycles. The highest BCUT2D eigenvalue weighted by Crippen LogP contribution is 2.42. The summed E-state index contributed by atoms with van der Waals surface area (Å²) < 4.78 is 8.94. The molecule has 0 unspecified atom stereocenters. The molecule has 6 aromatic rings. The zero-order valence-electron chi connectivity index (χ0n) is 23.7. The molecule has 0 fully saturated rings. The lowest BCUT2D eigenvalue weighted by molar-refractivity contribution is -0.659. The van der Waals surface area contributed by atoms with Gasteiger partial charge in [0.05, 0.1) is 17.2 Å². The minimum atomic E-state index is 0.210. The molecule has 0 aliphatic heterocycles. The van der Waals surface area contributed by atoms with Crippen LogP contribution in [0.25, 0.3) is 55.4 Å². The summed E-state index contributed by atoms with van der Waals surface area (Å²) >= 11 is 0. The van der Waals surface area contributed by atoms with Gasteiger partial charge in [-0.1, -0.05) is 87.5 Å². The molecular weight excluding hydrogens is 488 g/mol. The Labute approximate surface area is 236 Å². The number of furan rings is 1. The van der Waals surface area contributed by atoms with Crippen molar-refractivity contribution in [3.63, 3.8) is 0 Å². The van der Waals surface area contributed by atoms with Gasteiger partial charge in [0.1, 0.15) is 18.2 Å². The van der Waals surface area contributed by atoms with Gasteiger partial charge in [0, 0.05) is 28.0 Å². The first-order valence-corrected chi connectivity index (χ1v) is 13.8. The number of nitriles is 1. The number of nitrogens with zero attached hydrogens (tertiary/aromatic N) is 2. The molecule has 6 rings (SSSR count). The summed E-state index contributed by atoms with van der Waals surface area (Å²) in [5, 5.41) is 12.1. The van der Waals surface area contributed by atoms with Crippen LogP contribution in [0.4, 0.5) is 0 Å². The lowest BCUT2D eigenvalue weighted by atomic mass is 9.87. The summed E-state index contributed by atoms with van der Waals surface area (Å²) in [6.07, 6.45) is 3.17. The van der Waals surface area contributed by atoms with Gasteiger partial charge in [-0.15, -0.1) is 0 Å². The van der Waals surface area contributed by atoms with E-state index in [0.717, 1.165) is 61.9 Å². The van der Waals surface area contributed by atoms with Gasteiger partial charge < -0.3 is 4.42 Å². The average Bonchev–Trinajstić information content (AvgIpc) is 3.31. The molecule has 0 atom stereocenters. The molecule has 0 amide bonds. The number of hydrogen-bond donors (Lipinski definition) is 0. The minimum Gasteiger partial charge on any atom is -0.454 e. The second-order valence-corrected chi connectivity index (χ2v) is 11.9. The summed E-state index contributed by atoms with van der Waals surface area (Å²) in [7, 11) is 2.08. The number of benzene rings is 4. The number of fused-ring (bicyclic) bond motifs is 3. The van der Waals surface area contributed by atoms with Gasteiger partial charge in [-0.2, -0.15) is 5.26 Å². The van der Waals surface area contributed by atoms with E-state index in [1.54, 1.807) is 0 Å². The van der Waals surface area contributed by atoms with Gasteiger partial charge in [-0.05, 0) is 59.2 Å². The van der Waals surface area contributed by atoms with Gasteiger partial charge in [0.2, 0.25) is 5.69 Å². The van der Waals surface area contributed by atoms with Crippen LogP contribution in [0, 0.1) is 23.7 Å². The van der Waals surface area contributed by atoms with Crippen molar-refractivity contribution in [2.45, 2.75) is 34.1 Å². The molecular formula is C37H33N2O+. The highest BCUT2D eigenvalue weighted by molar-refractivity contribution is 6.14. The summed E-state index contributed by atoms with van der Waals surface area (Å²) in [6, 6.07) is 34.0. The van der Waals surface area contributed by atoms with Crippen molar-refractivity contribution in [3.05, 3.63) is 114 Å². The highest BCUT2D eigenvalue weighted by atomic mass is 16.3. The predicted octanol–water partition coefficient (Wildman–Crippen LogP) is 9.18. The van der Waals surface area contributed by atoms with Crippen molar-refractivity contribution in [3.8, 4) is 39.6 Å². The Morgan fingerprint density at radius 1 is 0.725 bits per heavy atom. The summed E-state index contributed by atoms with van der Waals surface area (Å²) in [5.41, 5.74) is 11.2. The fraction of sp³-hybridized carbons (Fsp3) is 0.189. The van der Waals surface area contributed by atoms with Gasteiger partial charge in [0.15, 0.2) is 6.20 Å². The van der Waals surface area contributed by atoms with E-state index in [9.17, 15) is 5.26 Å². The van der Waals surface area contributed by atoms with Crippen LogP contribution in [0.2, 0.25) is 0 Å². The fourth-order valence-electron chi connectivity index (χ4n) is 5.77. The number of aryl methyl sites for hydroxylation is 2. The minimum absolute atomic E-state index is 0.210. The van der Waals surface area contributed by atoms with Gasteiger partial charge in [-0.3, -0.25) is 0 Å². The lowest BCUT2D eigenvalue weighted by Gasteiger charge is -2.18. The molecule has 196 valence electrons. The number of hydrogen-bond acceptors (Lipinski definition) is 2. The molecule has 0 bridgehead atoms. The normalized spacial score (nSPS) is 11.7. The topological polar surface area (TPSA) is 40.8 Å². The maximum atomic E-state index is 10.1. The Morgan fingerprint density at radius 3 is 2.02 bits per heavy atom. The number of aromatic nitrogens is 1. The van der Waals surface area contributed by atoms with E-state index in [2.05, 4.69) is 124 Å². The third-order valence-corrected chi connectivity index (χ3v) is 7.61. The number of pyridine rings is 1. The SMILES string of the molecule is Cc1ccc2c(oc3c(-c4ccc(CC(C)(C)C)cc4)c(C#N)ccc32)c1-c1ccc(-c2ccccc2)c[n+]1C. The van der Waals surface area contributed by atoms with E-state index in [1.165, 1.54) is 11.1 Å². The molecule has 0 saturated heterocycles. The summed E-state index contributed by atoms with van der Waals surface area (Å²) in [4.78, 5) is 0. The van der Waals surface area contributed by atoms with Crippen molar-refractivity contribution in [2.75, 3.05) is 0 Å². The molecule has 0 aliphatic carbocycles. The maximum absolute atomic E-state index is 10.1. The van der Waals surface area contributed by atoms with Crippen LogP contribution in [0.5, 0.6) is 0 Å². The van der Waals surface area contributed by atoms with Gasteiger partial charge in [0.25, 0.3) is 0 Å². The molecule has 3 heteroatoms. The zero-order chi connectivity index (χ0) is 28.0. The standard InChI is InChI=1S/C37H33N2O/c1-24-11-18-30-31-19-16-28(22-38)34(27-14-12-25(13-15-27)21-37(2,3)4)36(31)40-35(30)33(24)32-20-17-29(23-39(32)5)26-9-7-6-8-10-26/h6-20,23H,21H2,1-5H3/q+1. The van der Waals surface area contributed by atoms with E-state index < -0.39 is 0 Å². The van der Waals surface area contributed by atoms with Crippen LogP contribution < -0.4 is 4.57 Å². The largest absolute Gasteiger partial charge is 0.454 e. The lowest BCUT2D eigenvalue weighted by Crippen LogP contribution is -2.30. The van der Waals surface area contributed by atoms with Crippen molar-refractivity contribution >= 4 is 21.9 Å². The molecule has 40 heavy (non-hydrogen) atoms. The number of rotatable bonds is 4. The Bertz CT molecular complexity index is 1910.